The Hall–Kier alpha value is -1.51. The lowest BCUT2D eigenvalue weighted by Crippen LogP contribution is -2.41. The van der Waals surface area contributed by atoms with Gasteiger partial charge in [0.05, 0.1) is 7.11 Å². The van der Waals surface area contributed by atoms with Crippen molar-refractivity contribution in [3.05, 3.63) is 29.8 Å². The zero-order valence-electron chi connectivity index (χ0n) is 11.1. The molecule has 2 atom stereocenters. The van der Waals surface area contributed by atoms with Crippen molar-refractivity contribution in [1.29, 1.82) is 0 Å². The molecule has 1 amide bonds. The van der Waals surface area contributed by atoms with Crippen LogP contribution in [0.25, 0.3) is 0 Å². The summed E-state index contributed by atoms with van der Waals surface area (Å²) in [4.78, 5) is 12.2. The van der Waals surface area contributed by atoms with E-state index in [1.165, 1.54) is 19.3 Å². The third kappa shape index (κ3) is 3.03. The smallest absolute Gasteiger partial charge is 0.251 e. The number of hydrogen-bond acceptors (Lipinski definition) is 2. The molecule has 18 heavy (non-hydrogen) atoms. The Kier molecular flexibility index (Phi) is 4.24. The molecule has 1 aliphatic carbocycles. The van der Waals surface area contributed by atoms with Gasteiger partial charge in [-0.25, -0.2) is 0 Å². The van der Waals surface area contributed by atoms with Crippen molar-refractivity contribution in [1.82, 2.24) is 5.32 Å². The summed E-state index contributed by atoms with van der Waals surface area (Å²) in [6, 6.07) is 7.61. The number of carbonyl (C=O) groups is 1. The van der Waals surface area contributed by atoms with Crippen molar-refractivity contribution in [2.45, 2.75) is 38.6 Å². The van der Waals surface area contributed by atoms with Gasteiger partial charge < -0.3 is 10.1 Å². The summed E-state index contributed by atoms with van der Waals surface area (Å²) in [5.74, 6) is 1.31. The Bertz CT molecular complexity index is 417. The van der Waals surface area contributed by atoms with E-state index < -0.39 is 0 Å². The van der Waals surface area contributed by atoms with Gasteiger partial charge in [-0.2, -0.15) is 0 Å². The molecule has 1 aromatic carbocycles. The Morgan fingerprint density at radius 1 is 1.33 bits per heavy atom. The monoisotopic (exact) mass is 247 g/mol. The third-order valence-corrected chi connectivity index (χ3v) is 3.76. The van der Waals surface area contributed by atoms with E-state index in [-0.39, 0.29) is 5.91 Å². The summed E-state index contributed by atoms with van der Waals surface area (Å²) in [6.07, 6.45) is 4.81. The van der Waals surface area contributed by atoms with Crippen molar-refractivity contribution >= 4 is 5.91 Å². The van der Waals surface area contributed by atoms with E-state index in [9.17, 15) is 4.79 Å². The van der Waals surface area contributed by atoms with Crippen LogP contribution in [-0.2, 0) is 0 Å². The van der Waals surface area contributed by atoms with Gasteiger partial charge in [0.15, 0.2) is 0 Å². The molecule has 1 fully saturated rings. The van der Waals surface area contributed by atoms with Crippen LogP contribution in [0.4, 0.5) is 0 Å². The van der Waals surface area contributed by atoms with Crippen LogP contribution in [0.5, 0.6) is 5.75 Å². The number of amides is 1. The minimum Gasteiger partial charge on any atom is -0.497 e. The molecule has 3 heteroatoms. The van der Waals surface area contributed by atoms with Gasteiger partial charge in [0, 0.05) is 11.6 Å². The minimum atomic E-state index is 0.00708. The molecule has 0 aliphatic heterocycles. The number of rotatable bonds is 3. The normalized spacial score (nSPS) is 23.4. The van der Waals surface area contributed by atoms with Crippen LogP contribution < -0.4 is 10.1 Å². The number of hydrogen-bond donors (Lipinski definition) is 1. The van der Waals surface area contributed by atoms with Crippen molar-refractivity contribution in [3.63, 3.8) is 0 Å². The summed E-state index contributed by atoms with van der Waals surface area (Å²) in [5.41, 5.74) is 0.673. The Morgan fingerprint density at radius 2 is 2.11 bits per heavy atom. The van der Waals surface area contributed by atoms with Gasteiger partial charge in [-0.3, -0.25) is 4.79 Å². The van der Waals surface area contributed by atoms with Crippen LogP contribution in [0, 0.1) is 5.92 Å². The molecule has 1 saturated carbocycles. The van der Waals surface area contributed by atoms with E-state index in [0.29, 0.717) is 17.5 Å². The van der Waals surface area contributed by atoms with Gasteiger partial charge in [-0.15, -0.1) is 0 Å². The SMILES string of the molecule is COc1cccc(C(=O)NC2CCCCC2C)c1. The van der Waals surface area contributed by atoms with Gasteiger partial charge in [-0.05, 0) is 37.0 Å². The van der Waals surface area contributed by atoms with Gasteiger partial charge >= 0.3 is 0 Å². The Labute approximate surface area is 109 Å². The molecule has 3 nitrogen and oxygen atoms in total. The van der Waals surface area contributed by atoms with Crippen LogP contribution in [0.2, 0.25) is 0 Å². The minimum absolute atomic E-state index is 0.00708. The van der Waals surface area contributed by atoms with Crippen molar-refractivity contribution in [2.24, 2.45) is 5.92 Å². The van der Waals surface area contributed by atoms with Crippen molar-refractivity contribution < 1.29 is 9.53 Å². The summed E-state index contributed by atoms with van der Waals surface area (Å²) in [6.45, 7) is 2.22. The molecule has 2 unspecified atom stereocenters. The van der Waals surface area contributed by atoms with Crippen LogP contribution in [0.1, 0.15) is 43.0 Å². The highest BCUT2D eigenvalue weighted by Crippen LogP contribution is 2.24. The molecule has 98 valence electrons. The van der Waals surface area contributed by atoms with Crippen molar-refractivity contribution in [2.75, 3.05) is 7.11 Å². The highest BCUT2D eigenvalue weighted by atomic mass is 16.5. The average molecular weight is 247 g/mol. The molecule has 1 aliphatic rings. The lowest BCUT2D eigenvalue weighted by molar-refractivity contribution is 0.0910. The number of methoxy groups -OCH3 is 1. The molecule has 0 spiro atoms. The summed E-state index contributed by atoms with van der Waals surface area (Å²) in [7, 11) is 1.61. The van der Waals surface area contributed by atoms with E-state index in [2.05, 4.69) is 12.2 Å². The van der Waals surface area contributed by atoms with E-state index in [4.69, 9.17) is 4.74 Å². The maximum absolute atomic E-state index is 12.2. The summed E-state index contributed by atoms with van der Waals surface area (Å²) >= 11 is 0. The molecule has 1 aromatic rings. The van der Waals surface area contributed by atoms with Crippen LogP contribution >= 0.6 is 0 Å². The first kappa shape index (κ1) is 12.9. The van der Waals surface area contributed by atoms with Crippen LogP contribution in [0.15, 0.2) is 24.3 Å². The zero-order valence-corrected chi connectivity index (χ0v) is 11.1. The van der Waals surface area contributed by atoms with Crippen LogP contribution in [0.3, 0.4) is 0 Å². The highest BCUT2D eigenvalue weighted by Gasteiger charge is 2.23. The van der Waals surface area contributed by atoms with E-state index in [0.717, 1.165) is 12.2 Å². The lowest BCUT2D eigenvalue weighted by Gasteiger charge is -2.29. The molecule has 0 heterocycles. The summed E-state index contributed by atoms with van der Waals surface area (Å²) in [5, 5.41) is 3.14. The van der Waals surface area contributed by atoms with Crippen LogP contribution in [-0.4, -0.2) is 19.1 Å². The number of carbonyl (C=O) groups excluding carboxylic acids is 1. The number of benzene rings is 1. The molecule has 1 N–H and O–H groups in total. The van der Waals surface area contributed by atoms with Gasteiger partial charge in [0.2, 0.25) is 0 Å². The topological polar surface area (TPSA) is 38.3 Å². The number of nitrogens with one attached hydrogen (secondary N) is 1. The Balaban J connectivity index is 2.02. The van der Waals surface area contributed by atoms with E-state index in [1.54, 1.807) is 13.2 Å². The van der Waals surface area contributed by atoms with E-state index in [1.807, 2.05) is 18.2 Å². The van der Waals surface area contributed by atoms with E-state index >= 15 is 0 Å². The fourth-order valence-electron chi connectivity index (χ4n) is 2.55. The molecule has 0 saturated heterocycles. The first-order valence-corrected chi connectivity index (χ1v) is 6.65. The first-order chi connectivity index (χ1) is 8.70. The molecule has 0 bridgehead atoms. The van der Waals surface area contributed by atoms with Gasteiger partial charge in [-0.1, -0.05) is 25.8 Å². The molecular weight excluding hydrogens is 226 g/mol. The maximum atomic E-state index is 12.2. The second kappa shape index (κ2) is 5.89. The second-order valence-electron chi connectivity index (χ2n) is 5.07. The van der Waals surface area contributed by atoms with Gasteiger partial charge in [0.25, 0.3) is 5.91 Å². The second-order valence-corrected chi connectivity index (χ2v) is 5.07. The molecular formula is C15H21NO2. The zero-order chi connectivity index (χ0) is 13.0. The fourth-order valence-corrected chi connectivity index (χ4v) is 2.55. The molecule has 0 radical (unpaired) electrons. The third-order valence-electron chi connectivity index (χ3n) is 3.76. The maximum Gasteiger partial charge on any atom is 0.251 e. The standard InChI is InChI=1S/C15H21NO2/c1-11-6-3-4-9-14(11)16-15(17)12-7-5-8-13(10-12)18-2/h5,7-8,10-11,14H,3-4,6,9H2,1-2H3,(H,16,17). The quantitative estimate of drug-likeness (QED) is 0.891. The lowest BCUT2D eigenvalue weighted by atomic mass is 9.86. The average Bonchev–Trinajstić information content (AvgIpc) is 2.41. The summed E-state index contributed by atoms with van der Waals surface area (Å²) < 4.78 is 5.14. The molecule has 0 aromatic heterocycles. The predicted molar refractivity (Wildman–Crippen MR) is 71.9 cm³/mol. The largest absolute Gasteiger partial charge is 0.497 e. The molecule has 2 rings (SSSR count). The first-order valence-electron chi connectivity index (χ1n) is 6.65. The highest BCUT2D eigenvalue weighted by molar-refractivity contribution is 5.94. The fraction of sp³-hybridized carbons (Fsp3) is 0.533. The van der Waals surface area contributed by atoms with Gasteiger partial charge in [0.1, 0.15) is 5.75 Å². The Morgan fingerprint density at radius 3 is 2.83 bits per heavy atom. The van der Waals surface area contributed by atoms with Crippen molar-refractivity contribution in [3.8, 4) is 5.75 Å². The number of ether oxygens (including phenoxy) is 1. The predicted octanol–water partition coefficient (Wildman–Crippen LogP) is 3.00.